The molecule has 1 saturated carbocycles. The van der Waals surface area contributed by atoms with Crippen molar-refractivity contribution in [2.24, 2.45) is 5.41 Å². The van der Waals surface area contributed by atoms with Crippen LogP contribution in [-0.4, -0.2) is 29.8 Å². The summed E-state index contributed by atoms with van der Waals surface area (Å²) in [6.45, 7) is 6.34. The number of hydrogen-bond acceptors (Lipinski definition) is 2. The Morgan fingerprint density at radius 1 is 1.19 bits per heavy atom. The largest absolute Gasteiger partial charge is 0.300 e. The second-order valence-electron chi connectivity index (χ2n) is 6.00. The minimum atomic E-state index is 0.327. The van der Waals surface area contributed by atoms with Crippen LogP contribution in [0, 0.1) is 5.41 Å². The first-order chi connectivity index (χ1) is 7.61. The van der Waals surface area contributed by atoms with Crippen molar-refractivity contribution in [1.29, 1.82) is 0 Å². The number of likely N-dealkylation sites (tertiary alicyclic amines) is 1. The minimum absolute atomic E-state index is 0.327. The second kappa shape index (κ2) is 4.87. The van der Waals surface area contributed by atoms with E-state index >= 15 is 0 Å². The zero-order valence-electron chi connectivity index (χ0n) is 10.8. The number of rotatable bonds is 3. The zero-order chi connectivity index (χ0) is 11.6. The normalized spacial score (nSPS) is 27.1. The second-order valence-corrected chi connectivity index (χ2v) is 6.00. The molecule has 2 aliphatic rings. The monoisotopic (exact) mass is 223 g/mol. The molecule has 1 aliphatic carbocycles. The highest BCUT2D eigenvalue weighted by atomic mass is 16.1. The predicted octanol–water partition coefficient (Wildman–Crippen LogP) is 3.01. The van der Waals surface area contributed by atoms with E-state index in [1.54, 1.807) is 6.92 Å². The molecule has 0 aromatic rings. The van der Waals surface area contributed by atoms with Gasteiger partial charge in [0.15, 0.2) is 0 Å². The fourth-order valence-electron chi connectivity index (χ4n) is 3.61. The Hall–Kier alpha value is -0.370. The van der Waals surface area contributed by atoms with E-state index in [4.69, 9.17) is 0 Å². The SMILES string of the molecule is CC(=O)CC(C)N1CCC2(CCCC2)CC1. The van der Waals surface area contributed by atoms with Gasteiger partial charge in [-0.3, -0.25) is 4.79 Å². The van der Waals surface area contributed by atoms with Gasteiger partial charge in [0, 0.05) is 12.5 Å². The predicted molar refractivity (Wildman–Crippen MR) is 66.5 cm³/mol. The molecule has 1 saturated heterocycles. The molecule has 16 heavy (non-hydrogen) atoms. The fourth-order valence-corrected chi connectivity index (χ4v) is 3.61. The number of carbonyl (C=O) groups is 1. The highest BCUT2D eigenvalue weighted by Crippen LogP contribution is 2.46. The van der Waals surface area contributed by atoms with Crippen LogP contribution in [0.25, 0.3) is 0 Å². The molecule has 0 N–H and O–H groups in total. The van der Waals surface area contributed by atoms with Gasteiger partial charge < -0.3 is 4.90 Å². The number of carbonyl (C=O) groups excluding carboxylic acids is 1. The molecule has 0 bridgehead atoms. The fraction of sp³-hybridized carbons (Fsp3) is 0.929. The van der Waals surface area contributed by atoms with Crippen LogP contribution >= 0.6 is 0 Å². The average molecular weight is 223 g/mol. The molecule has 1 spiro atoms. The standard InChI is InChI=1S/C14H25NO/c1-12(11-13(2)16)15-9-7-14(8-10-15)5-3-4-6-14/h12H,3-11H2,1-2H3. The summed E-state index contributed by atoms with van der Waals surface area (Å²) in [4.78, 5) is 13.6. The smallest absolute Gasteiger partial charge is 0.131 e. The summed E-state index contributed by atoms with van der Waals surface area (Å²) in [5.74, 6) is 0.327. The summed E-state index contributed by atoms with van der Waals surface area (Å²) in [6.07, 6.45) is 9.29. The number of Topliss-reactive ketones (excluding diaryl/α,β-unsaturated/α-hetero) is 1. The molecule has 0 radical (unpaired) electrons. The summed E-state index contributed by atoms with van der Waals surface area (Å²) < 4.78 is 0. The number of hydrogen-bond donors (Lipinski definition) is 0. The van der Waals surface area contributed by atoms with Crippen LogP contribution < -0.4 is 0 Å². The number of nitrogens with zero attached hydrogens (tertiary/aromatic N) is 1. The van der Waals surface area contributed by atoms with Crippen LogP contribution in [0.5, 0.6) is 0 Å². The maximum atomic E-state index is 11.1. The lowest BCUT2D eigenvalue weighted by Crippen LogP contribution is -2.44. The van der Waals surface area contributed by atoms with Crippen molar-refractivity contribution in [2.75, 3.05) is 13.1 Å². The third-order valence-electron chi connectivity index (χ3n) is 4.73. The van der Waals surface area contributed by atoms with E-state index in [1.807, 2.05) is 0 Å². The van der Waals surface area contributed by atoms with Crippen LogP contribution in [0.1, 0.15) is 58.8 Å². The molecule has 0 amide bonds. The quantitative estimate of drug-likeness (QED) is 0.733. The summed E-state index contributed by atoms with van der Waals surface area (Å²) in [5.41, 5.74) is 0.701. The third kappa shape index (κ3) is 2.65. The summed E-state index contributed by atoms with van der Waals surface area (Å²) >= 11 is 0. The van der Waals surface area contributed by atoms with Gasteiger partial charge in [0.25, 0.3) is 0 Å². The van der Waals surface area contributed by atoms with Crippen molar-refractivity contribution in [2.45, 2.75) is 64.8 Å². The molecule has 1 unspecified atom stereocenters. The molecule has 2 fully saturated rings. The Labute approximate surface area is 99.4 Å². The van der Waals surface area contributed by atoms with Gasteiger partial charge in [0.1, 0.15) is 5.78 Å². The average Bonchev–Trinajstić information content (AvgIpc) is 2.66. The van der Waals surface area contributed by atoms with Crippen molar-refractivity contribution in [3.05, 3.63) is 0 Å². The topological polar surface area (TPSA) is 20.3 Å². The lowest BCUT2D eigenvalue weighted by atomic mass is 9.77. The molecule has 2 nitrogen and oxygen atoms in total. The lowest BCUT2D eigenvalue weighted by molar-refractivity contribution is -0.118. The van der Waals surface area contributed by atoms with Crippen LogP contribution in [0.2, 0.25) is 0 Å². The van der Waals surface area contributed by atoms with Gasteiger partial charge in [0.2, 0.25) is 0 Å². The molecular formula is C14H25NO. The van der Waals surface area contributed by atoms with Crippen molar-refractivity contribution in [1.82, 2.24) is 4.90 Å². The molecule has 2 heteroatoms. The molecule has 92 valence electrons. The molecular weight excluding hydrogens is 198 g/mol. The first-order valence-corrected chi connectivity index (χ1v) is 6.85. The Kier molecular flexibility index (Phi) is 3.68. The van der Waals surface area contributed by atoms with Gasteiger partial charge in [-0.2, -0.15) is 0 Å². The van der Waals surface area contributed by atoms with Crippen molar-refractivity contribution >= 4 is 5.78 Å². The maximum Gasteiger partial charge on any atom is 0.131 e. The van der Waals surface area contributed by atoms with Crippen LogP contribution in [0.3, 0.4) is 0 Å². The Morgan fingerprint density at radius 3 is 2.25 bits per heavy atom. The van der Waals surface area contributed by atoms with Gasteiger partial charge in [-0.1, -0.05) is 12.8 Å². The van der Waals surface area contributed by atoms with Gasteiger partial charge in [0.05, 0.1) is 0 Å². The van der Waals surface area contributed by atoms with Crippen molar-refractivity contribution in [3.63, 3.8) is 0 Å². The summed E-state index contributed by atoms with van der Waals surface area (Å²) in [7, 11) is 0. The number of piperidine rings is 1. The minimum Gasteiger partial charge on any atom is -0.300 e. The van der Waals surface area contributed by atoms with Crippen molar-refractivity contribution in [3.8, 4) is 0 Å². The highest BCUT2D eigenvalue weighted by Gasteiger charge is 2.37. The van der Waals surface area contributed by atoms with E-state index < -0.39 is 0 Å². The summed E-state index contributed by atoms with van der Waals surface area (Å²) in [6, 6.07) is 0.455. The molecule has 0 aromatic heterocycles. The Balaban J connectivity index is 1.82. The van der Waals surface area contributed by atoms with E-state index in [-0.39, 0.29) is 0 Å². The van der Waals surface area contributed by atoms with Gasteiger partial charge >= 0.3 is 0 Å². The highest BCUT2D eigenvalue weighted by molar-refractivity contribution is 5.76. The number of ketones is 1. The van der Waals surface area contributed by atoms with Crippen LogP contribution in [-0.2, 0) is 4.79 Å². The molecule has 0 aromatic carbocycles. The van der Waals surface area contributed by atoms with Gasteiger partial charge in [-0.05, 0) is 58.0 Å². The molecule has 1 heterocycles. The molecule has 1 aliphatic heterocycles. The zero-order valence-corrected chi connectivity index (χ0v) is 10.8. The lowest BCUT2D eigenvalue weighted by Gasteiger charge is -2.41. The van der Waals surface area contributed by atoms with Gasteiger partial charge in [-0.15, -0.1) is 0 Å². The summed E-state index contributed by atoms with van der Waals surface area (Å²) in [5, 5.41) is 0. The first-order valence-electron chi connectivity index (χ1n) is 6.85. The van der Waals surface area contributed by atoms with E-state index in [0.29, 0.717) is 17.2 Å². The van der Waals surface area contributed by atoms with Crippen LogP contribution in [0.15, 0.2) is 0 Å². The first kappa shape index (κ1) is 12.1. The Morgan fingerprint density at radius 2 is 1.75 bits per heavy atom. The maximum absolute atomic E-state index is 11.1. The Bertz CT molecular complexity index is 245. The van der Waals surface area contributed by atoms with E-state index in [9.17, 15) is 4.79 Å². The third-order valence-corrected chi connectivity index (χ3v) is 4.73. The molecule has 1 atom stereocenters. The molecule has 2 rings (SSSR count). The van der Waals surface area contributed by atoms with E-state index in [2.05, 4.69) is 11.8 Å². The van der Waals surface area contributed by atoms with Crippen molar-refractivity contribution < 1.29 is 4.79 Å². The van der Waals surface area contributed by atoms with E-state index in [0.717, 1.165) is 6.42 Å². The van der Waals surface area contributed by atoms with Crippen LogP contribution in [0.4, 0.5) is 0 Å². The van der Waals surface area contributed by atoms with E-state index in [1.165, 1.54) is 51.6 Å². The van der Waals surface area contributed by atoms with Gasteiger partial charge in [-0.25, -0.2) is 0 Å².